The average molecular weight is 363 g/mol. The SMILES string of the molecule is Cc1nc(CNC(=O)OCc2ccccc2)c(=O)[nH]c1Cc1ccccc1. The van der Waals surface area contributed by atoms with Crippen LogP contribution in [0.5, 0.6) is 0 Å². The second-order valence-electron chi connectivity index (χ2n) is 6.15. The van der Waals surface area contributed by atoms with Gasteiger partial charge < -0.3 is 15.0 Å². The van der Waals surface area contributed by atoms with E-state index in [1.807, 2.05) is 67.6 Å². The van der Waals surface area contributed by atoms with Crippen LogP contribution in [0.4, 0.5) is 4.79 Å². The van der Waals surface area contributed by atoms with E-state index in [1.54, 1.807) is 0 Å². The minimum atomic E-state index is -0.592. The van der Waals surface area contributed by atoms with Crippen molar-refractivity contribution in [3.8, 4) is 0 Å². The van der Waals surface area contributed by atoms with Gasteiger partial charge in [-0.3, -0.25) is 4.79 Å². The molecule has 0 spiro atoms. The van der Waals surface area contributed by atoms with Gasteiger partial charge in [-0.15, -0.1) is 0 Å². The number of rotatable bonds is 6. The summed E-state index contributed by atoms with van der Waals surface area (Å²) in [5, 5.41) is 2.56. The maximum atomic E-state index is 12.3. The molecule has 27 heavy (non-hydrogen) atoms. The molecule has 0 aliphatic carbocycles. The predicted molar refractivity (Wildman–Crippen MR) is 102 cm³/mol. The van der Waals surface area contributed by atoms with Gasteiger partial charge in [-0.1, -0.05) is 60.7 Å². The van der Waals surface area contributed by atoms with Crippen LogP contribution >= 0.6 is 0 Å². The molecule has 138 valence electrons. The van der Waals surface area contributed by atoms with Gasteiger partial charge in [0.15, 0.2) is 0 Å². The number of hydrogen-bond donors (Lipinski definition) is 2. The topological polar surface area (TPSA) is 84.1 Å². The maximum Gasteiger partial charge on any atom is 0.407 e. The van der Waals surface area contributed by atoms with Gasteiger partial charge in [-0.2, -0.15) is 0 Å². The smallest absolute Gasteiger partial charge is 0.407 e. The quantitative estimate of drug-likeness (QED) is 0.705. The Morgan fingerprint density at radius 2 is 1.67 bits per heavy atom. The van der Waals surface area contributed by atoms with E-state index in [0.717, 1.165) is 22.5 Å². The van der Waals surface area contributed by atoms with Crippen LogP contribution in [0.25, 0.3) is 0 Å². The van der Waals surface area contributed by atoms with Crippen molar-refractivity contribution in [1.29, 1.82) is 0 Å². The zero-order valence-corrected chi connectivity index (χ0v) is 15.1. The lowest BCUT2D eigenvalue weighted by Gasteiger charge is -2.09. The molecule has 3 aromatic rings. The van der Waals surface area contributed by atoms with Crippen LogP contribution in [0.2, 0.25) is 0 Å². The predicted octanol–water partition coefficient (Wildman–Crippen LogP) is 3.10. The fraction of sp³-hybridized carbons (Fsp3) is 0.190. The first kappa shape index (κ1) is 18.4. The van der Waals surface area contributed by atoms with Crippen molar-refractivity contribution in [1.82, 2.24) is 15.3 Å². The molecule has 0 saturated carbocycles. The fourth-order valence-electron chi connectivity index (χ4n) is 2.64. The molecule has 1 heterocycles. The highest BCUT2D eigenvalue weighted by atomic mass is 16.5. The van der Waals surface area contributed by atoms with E-state index in [9.17, 15) is 9.59 Å². The molecule has 0 fully saturated rings. The number of aromatic amines is 1. The highest BCUT2D eigenvalue weighted by Crippen LogP contribution is 2.09. The lowest BCUT2D eigenvalue weighted by atomic mass is 10.1. The molecule has 0 aliphatic rings. The lowest BCUT2D eigenvalue weighted by molar-refractivity contribution is 0.139. The largest absolute Gasteiger partial charge is 0.445 e. The number of aromatic nitrogens is 2. The van der Waals surface area contributed by atoms with Crippen LogP contribution in [0.1, 0.15) is 28.2 Å². The van der Waals surface area contributed by atoms with Crippen LogP contribution in [-0.4, -0.2) is 16.1 Å². The van der Waals surface area contributed by atoms with Gasteiger partial charge in [0.2, 0.25) is 0 Å². The molecule has 0 aliphatic heterocycles. The molecule has 0 bridgehead atoms. The molecule has 6 heteroatoms. The molecule has 0 atom stereocenters. The number of carbonyl (C=O) groups excluding carboxylic acids is 1. The van der Waals surface area contributed by atoms with E-state index in [0.29, 0.717) is 6.42 Å². The first-order valence-electron chi connectivity index (χ1n) is 8.69. The summed E-state index contributed by atoms with van der Waals surface area (Å²) in [5.41, 5.74) is 3.42. The summed E-state index contributed by atoms with van der Waals surface area (Å²) in [5.74, 6) is 0. The third kappa shape index (κ3) is 5.28. The molecule has 0 saturated heterocycles. The Morgan fingerprint density at radius 3 is 2.33 bits per heavy atom. The summed E-state index contributed by atoms with van der Waals surface area (Å²) in [7, 11) is 0. The summed E-state index contributed by atoms with van der Waals surface area (Å²) >= 11 is 0. The highest BCUT2D eigenvalue weighted by molar-refractivity contribution is 5.67. The molecular formula is C21H21N3O3. The summed E-state index contributed by atoms with van der Waals surface area (Å²) in [6.07, 6.45) is 0.00734. The number of ether oxygens (including phenoxy) is 1. The standard InChI is InChI=1S/C21H21N3O3/c1-15-18(12-16-8-4-2-5-9-16)24-20(25)19(23-15)13-22-21(26)27-14-17-10-6-3-7-11-17/h2-11H,12-14H2,1H3,(H,22,26)(H,24,25). The van der Waals surface area contributed by atoms with E-state index in [1.165, 1.54) is 0 Å². The number of nitrogens with zero attached hydrogens (tertiary/aromatic N) is 1. The van der Waals surface area contributed by atoms with Crippen LogP contribution in [-0.2, 0) is 24.3 Å². The van der Waals surface area contributed by atoms with Gasteiger partial charge in [0.1, 0.15) is 12.3 Å². The highest BCUT2D eigenvalue weighted by Gasteiger charge is 2.10. The van der Waals surface area contributed by atoms with Gasteiger partial charge in [0, 0.05) is 12.1 Å². The Bertz CT molecular complexity index is 953. The number of carbonyl (C=O) groups is 1. The van der Waals surface area contributed by atoms with Gasteiger partial charge in [-0.25, -0.2) is 9.78 Å². The average Bonchev–Trinajstić information content (AvgIpc) is 2.69. The van der Waals surface area contributed by atoms with Crippen LogP contribution < -0.4 is 10.9 Å². The molecule has 0 unspecified atom stereocenters. The van der Waals surface area contributed by atoms with E-state index in [2.05, 4.69) is 15.3 Å². The lowest BCUT2D eigenvalue weighted by Crippen LogP contribution is -2.29. The van der Waals surface area contributed by atoms with E-state index in [-0.39, 0.29) is 24.4 Å². The Balaban J connectivity index is 1.58. The summed E-state index contributed by atoms with van der Waals surface area (Å²) < 4.78 is 5.13. The number of aryl methyl sites for hydroxylation is 1. The first-order chi connectivity index (χ1) is 13.1. The Kier molecular flexibility index (Phi) is 5.99. The van der Waals surface area contributed by atoms with Gasteiger partial charge in [0.25, 0.3) is 5.56 Å². The summed E-state index contributed by atoms with van der Waals surface area (Å²) in [6.45, 7) is 2.02. The van der Waals surface area contributed by atoms with Crippen LogP contribution in [0.15, 0.2) is 65.5 Å². The van der Waals surface area contributed by atoms with Crippen molar-refractivity contribution in [3.63, 3.8) is 0 Å². The number of H-pyrrole nitrogens is 1. The number of hydrogen-bond acceptors (Lipinski definition) is 4. The zero-order valence-electron chi connectivity index (χ0n) is 15.1. The Labute approximate surface area is 157 Å². The van der Waals surface area contributed by atoms with E-state index >= 15 is 0 Å². The van der Waals surface area contributed by atoms with Gasteiger partial charge >= 0.3 is 6.09 Å². The van der Waals surface area contributed by atoms with Gasteiger partial charge in [0.05, 0.1) is 12.2 Å². The van der Waals surface area contributed by atoms with Crippen molar-refractivity contribution in [2.45, 2.75) is 26.5 Å². The molecule has 2 N–H and O–H groups in total. The van der Waals surface area contributed by atoms with Crippen molar-refractivity contribution >= 4 is 6.09 Å². The number of amides is 1. The van der Waals surface area contributed by atoms with Crippen molar-refractivity contribution in [2.24, 2.45) is 0 Å². The third-order valence-corrected chi connectivity index (χ3v) is 4.10. The summed E-state index contributed by atoms with van der Waals surface area (Å²) in [4.78, 5) is 31.3. The molecule has 2 aromatic carbocycles. The van der Waals surface area contributed by atoms with Crippen molar-refractivity contribution in [2.75, 3.05) is 0 Å². The Hall–Kier alpha value is -3.41. The second-order valence-corrected chi connectivity index (χ2v) is 6.15. The number of nitrogens with one attached hydrogen (secondary N) is 2. The maximum absolute atomic E-state index is 12.3. The molecule has 1 aromatic heterocycles. The Morgan fingerprint density at radius 1 is 1.04 bits per heavy atom. The minimum absolute atomic E-state index is 0.00934. The first-order valence-corrected chi connectivity index (χ1v) is 8.69. The molecule has 1 amide bonds. The van der Waals surface area contributed by atoms with Gasteiger partial charge in [-0.05, 0) is 18.1 Å². The molecule has 0 radical (unpaired) electrons. The summed E-state index contributed by atoms with van der Waals surface area (Å²) in [6, 6.07) is 19.2. The fourth-order valence-corrected chi connectivity index (χ4v) is 2.64. The van der Waals surface area contributed by atoms with Crippen molar-refractivity contribution in [3.05, 3.63) is 99.2 Å². The monoisotopic (exact) mass is 363 g/mol. The second kappa shape index (κ2) is 8.80. The molecule has 3 rings (SSSR count). The van der Waals surface area contributed by atoms with Crippen molar-refractivity contribution < 1.29 is 9.53 Å². The number of benzene rings is 2. The van der Waals surface area contributed by atoms with E-state index < -0.39 is 6.09 Å². The van der Waals surface area contributed by atoms with Crippen LogP contribution in [0.3, 0.4) is 0 Å². The number of alkyl carbamates (subject to hydrolysis) is 1. The normalized spacial score (nSPS) is 10.4. The third-order valence-electron chi connectivity index (χ3n) is 4.10. The molecular weight excluding hydrogens is 342 g/mol. The minimum Gasteiger partial charge on any atom is -0.445 e. The molecule has 6 nitrogen and oxygen atoms in total. The van der Waals surface area contributed by atoms with E-state index in [4.69, 9.17) is 4.74 Å². The zero-order chi connectivity index (χ0) is 19.1. The van der Waals surface area contributed by atoms with Crippen LogP contribution in [0, 0.1) is 6.92 Å².